The molecule has 0 unspecified atom stereocenters. The Morgan fingerprint density at radius 2 is 1.74 bits per heavy atom. The van der Waals surface area contributed by atoms with Gasteiger partial charge in [0.2, 0.25) is 5.95 Å². The van der Waals surface area contributed by atoms with Crippen molar-refractivity contribution in [1.29, 1.82) is 0 Å². The number of esters is 1. The molecule has 0 saturated carbocycles. The van der Waals surface area contributed by atoms with Gasteiger partial charge in [-0.15, -0.1) is 0 Å². The van der Waals surface area contributed by atoms with Crippen molar-refractivity contribution in [3.8, 4) is 5.75 Å². The van der Waals surface area contributed by atoms with E-state index in [2.05, 4.69) is 15.3 Å². The Balaban J connectivity index is 1.32. The van der Waals surface area contributed by atoms with E-state index < -0.39 is 22.7 Å². The molecular formula is C24H21N5O6. The van der Waals surface area contributed by atoms with Gasteiger partial charge in [0, 0.05) is 48.2 Å². The van der Waals surface area contributed by atoms with Crippen LogP contribution in [0.2, 0.25) is 0 Å². The first-order chi connectivity index (χ1) is 16.7. The highest BCUT2D eigenvalue weighted by atomic mass is 16.6. The summed E-state index contributed by atoms with van der Waals surface area (Å²) in [5.74, 6) is -0.943. The number of hydrogen-bond acceptors (Lipinski definition) is 9. The number of nitrogens with one attached hydrogen (secondary N) is 1. The van der Waals surface area contributed by atoms with E-state index in [1.807, 2.05) is 19.9 Å². The Bertz CT molecular complexity index is 1340. The van der Waals surface area contributed by atoms with E-state index in [4.69, 9.17) is 4.74 Å². The molecule has 0 bridgehead atoms. The third kappa shape index (κ3) is 5.29. The number of carbonyl (C=O) groups excluding carboxylic acids is 3. The zero-order valence-corrected chi connectivity index (χ0v) is 19.0. The number of aromatic nitrogens is 2. The highest BCUT2D eigenvalue weighted by Crippen LogP contribution is 2.27. The Morgan fingerprint density at radius 1 is 1.03 bits per heavy atom. The number of non-ortho nitro benzene ring substituents is 1. The summed E-state index contributed by atoms with van der Waals surface area (Å²) in [7, 11) is 0. The number of imide groups is 1. The standard InChI is InChI=1S/C24H21N5O6/c1-14-11-15(2)26-24(25-14)27-16-5-3-6-18(12-16)35-21(30)7-4-10-28-22(31)19-9-8-17(29(33)34)13-20(19)23(28)32/h3,5-6,8-9,11-13H,4,7,10H2,1-2H3,(H,25,26,27). The summed E-state index contributed by atoms with van der Waals surface area (Å²) >= 11 is 0. The Kier molecular flexibility index (Phi) is 6.49. The molecule has 1 aromatic heterocycles. The SMILES string of the molecule is Cc1cc(C)nc(Nc2cccc(OC(=O)CCCN3C(=O)c4ccc([N+](=O)[O-])cc4C3=O)c2)n1. The van der Waals surface area contributed by atoms with Crippen LogP contribution >= 0.6 is 0 Å². The van der Waals surface area contributed by atoms with Gasteiger partial charge in [-0.25, -0.2) is 9.97 Å². The highest BCUT2D eigenvalue weighted by Gasteiger charge is 2.36. The Hall–Kier alpha value is -4.67. The maximum absolute atomic E-state index is 12.5. The second kappa shape index (κ2) is 9.67. The molecule has 0 spiro atoms. The molecule has 178 valence electrons. The quantitative estimate of drug-likeness (QED) is 0.169. The number of ether oxygens (including phenoxy) is 1. The number of nitro benzene ring substituents is 1. The molecule has 1 aliphatic heterocycles. The number of fused-ring (bicyclic) bond motifs is 1. The zero-order valence-electron chi connectivity index (χ0n) is 19.0. The molecule has 1 aliphatic rings. The second-order valence-corrected chi connectivity index (χ2v) is 7.95. The van der Waals surface area contributed by atoms with Gasteiger partial charge in [-0.2, -0.15) is 0 Å². The van der Waals surface area contributed by atoms with Gasteiger partial charge >= 0.3 is 5.97 Å². The molecule has 0 aliphatic carbocycles. The molecule has 35 heavy (non-hydrogen) atoms. The van der Waals surface area contributed by atoms with Crippen LogP contribution in [-0.2, 0) is 4.79 Å². The van der Waals surface area contributed by atoms with Crippen molar-refractivity contribution in [3.05, 3.63) is 81.2 Å². The lowest BCUT2D eigenvalue weighted by Gasteiger charge is -2.13. The topological polar surface area (TPSA) is 145 Å². The van der Waals surface area contributed by atoms with E-state index in [0.717, 1.165) is 22.4 Å². The van der Waals surface area contributed by atoms with Gasteiger partial charge < -0.3 is 10.1 Å². The summed E-state index contributed by atoms with van der Waals surface area (Å²) in [6, 6.07) is 12.2. The normalized spacial score (nSPS) is 12.5. The van der Waals surface area contributed by atoms with Crippen molar-refractivity contribution in [2.75, 3.05) is 11.9 Å². The van der Waals surface area contributed by atoms with E-state index in [1.54, 1.807) is 24.3 Å². The first-order valence-corrected chi connectivity index (χ1v) is 10.8. The molecule has 4 rings (SSSR count). The molecule has 0 saturated heterocycles. The summed E-state index contributed by atoms with van der Waals surface area (Å²) in [5.41, 5.74) is 2.11. The molecule has 0 radical (unpaired) electrons. The van der Waals surface area contributed by atoms with Crippen LogP contribution in [0.5, 0.6) is 5.75 Å². The highest BCUT2D eigenvalue weighted by molar-refractivity contribution is 6.21. The minimum absolute atomic E-state index is 0.0103. The van der Waals surface area contributed by atoms with Crippen LogP contribution in [0.1, 0.15) is 44.9 Å². The van der Waals surface area contributed by atoms with Gasteiger partial charge in [-0.05, 0) is 44.5 Å². The fourth-order valence-electron chi connectivity index (χ4n) is 3.71. The lowest BCUT2D eigenvalue weighted by atomic mass is 10.1. The summed E-state index contributed by atoms with van der Waals surface area (Å²) in [5, 5.41) is 14.0. The van der Waals surface area contributed by atoms with Crippen molar-refractivity contribution < 1.29 is 24.0 Å². The number of aryl methyl sites for hydroxylation is 2. The van der Waals surface area contributed by atoms with Crippen molar-refractivity contribution in [2.24, 2.45) is 0 Å². The molecule has 0 fully saturated rings. The molecule has 11 heteroatoms. The van der Waals surface area contributed by atoms with Gasteiger partial charge in [0.25, 0.3) is 17.5 Å². The molecule has 0 atom stereocenters. The molecule has 1 N–H and O–H groups in total. The second-order valence-electron chi connectivity index (χ2n) is 7.95. The van der Waals surface area contributed by atoms with Crippen LogP contribution in [0, 0.1) is 24.0 Å². The third-order valence-corrected chi connectivity index (χ3v) is 5.23. The van der Waals surface area contributed by atoms with Crippen molar-refractivity contribution >= 4 is 35.1 Å². The van der Waals surface area contributed by atoms with E-state index in [-0.39, 0.29) is 36.2 Å². The van der Waals surface area contributed by atoms with Crippen LogP contribution in [0.15, 0.2) is 48.5 Å². The Labute approximate surface area is 199 Å². The number of amides is 2. The number of hydrogen-bond donors (Lipinski definition) is 1. The predicted molar refractivity (Wildman–Crippen MR) is 125 cm³/mol. The first-order valence-electron chi connectivity index (χ1n) is 10.8. The molecule has 2 amide bonds. The zero-order chi connectivity index (χ0) is 25.1. The number of carbonyl (C=O) groups is 3. The van der Waals surface area contributed by atoms with Gasteiger partial charge in [0.05, 0.1) is 16.1 Å². The van der Waals surface area contributed by atoms with Gasteiger partial charge in [-0.1, -0.05) is 6.07 Å². The summed E-state index contributed by atoms with van der Waals surface area (Å²) in [4.78, 5) is 57.3. The fourth-order valence-corrected chi connectivity index (χ4v) is 3.71. The van der Waals surface area contributed by atoms with Crippen molar-refractivity contribution in [3.63, 3.8) is 0 Å². The first kappa shape index (κ1) is 23.5. The fraction of sp³-hybridized carbons (Fsp3) is 0.208. The average molecular weight is 475 g/mol. The summed E-state index contributed by atoms with van der Waals surface area (Å²) < 4.78 is 5.38. The maximum atomic E-state index is 12.5. The van der Waals surface area contributed by atoms with Crippen molar-refractivity contribution in [1.82, 2.24) is 14.9 Å². The smallest absolute Gasteiger partial charge is 0.311 e. The Morgan fingerprint density at radius 3 is 2.46 bits per heavy atom. The van der Waals surface area contributed by atoms with Gasteiger partial charge in [-0.3, -0.25) is 29.4 Å². The minimum Gasteiger partial charge on any atom is -0.426 e. The van der Waals surface area contributed by atoms with Crippen LogP contribution in [0.25, 0.3) is 0 Å². The van der Waals surface area contributed by atoms with Crippen LogP contribution < -0.4 is 10.1 Å². The molecular weight excluding hydrogens is 454 g/mol. The monoisotopic (exact) mass is 475 g/mol. The third-order valence-electron chi connectivity index (χ3n) is 5.23. The number of nitrogens with zero attached hydrogens (tertiary/aromatic N) is 4. The number of rotatable bonds is 8. The maximum Gasteiger partial charge on any atom is 0.311 e. The molecule has 2 heterocycles. The number of benzene rings is 2. The van der Waals surface area contributed by atoms with E-state index in [9.17, 15) is 24.5 Å². The molecule has 11 nitrogen and oxygen atoms in total. The summed E-state index contributed by atoms with van der Waals surface area (Å²) in [6.07, 6.45) is 0.145. The van der Waals surface area contributed by atoms with Crippen LogP contribution in [-0.4, -0.2) is 44.1 Å². The molecule has 2 aromatic carbocycles. The van der Waals surface area contributed by atoms with E-state index in [1.165, 1.54) is 12.1 Å². The number of nitro groups is 1. The van der Waals surface area contributed by atoms with Gasteiger partial charge in [0.1, 0.15) is 5.75 Å². The minimum atomic E-state index is -0.629. The van der Waals surface area contributed by atoms with E-state index >= 15 is 0 Å². The van der Waals surface area contributed by atoms with Gasteiger partial charge in [0.15, 0.2) is 0 Å². The predicted octanol–water partition coefficient (Wildman–Crippen LogP) is 3.73. The number of anilines is 2. The van der Waals surface area contributed by atoms with Crippen LogP contribution in [0.4, 0.5) is 17.3 Å². The lowest BCUT2D eigenvalue weighted by Crippen LogP contribution is -2.31. The van der Waals surface area contributed by atoms with E-state index in [0.29, 0.717) is 17.4 Å². The largest absolute Gasteiger partial charge is 0.426 e. The van der Waals surface area contributed by atoms with Crippen molar-refractivity contribution in [2.45, 2.75) is 26.7 Å². The molecule has 3 aromatic rings. The lowest BCUT2D eigenvalue weighted by molar-refractivity contribution is -0.384. The average Bonchev–Trinajstić information content (AvgIpc) is 3.03. The summed E-state index contributed by atoms with van der Waals surface area (Å²) in [6.45, 7) is 3.72. The van der Waals surface area contributed by atoms with Crippen LogP contribution in [0.3, 0.4) is 0 Å².